The summed E-state index contributed by atoms with van der Waals surface area (Å²) in [4.78, 5) is 19.0. The van der Waals surface area contributed by atoms with Crippen molar-refractivity contribution in [1.29, 1.82) is 0 Å². The third kappa shape index (κ3) is 5.68. The average Bonchev–Trinajstić information content (AvgIpc) is 3.34. The van der Waals surface area contributed by atoms with Crippen molar-refractivity contribution in [3.63, 3.8) is 0 Å². The van der Waals surface area contributed by atoms with Gasteiger partial charge in [0.2, 0.25) is 0 Å². The molecule has 0 saturated carbocycles. The number of carbonyl (C=O) groups is 1. The first-order chi connectivity index (χ1) is 13.9. The van der Waals surface area contributed by atoms with Gasteiger partial charge >= 0.3 is 6.03 Å². The summed E-state index contributed by atoms with van der Waals surface area (Å²) in [7, 11) is 4.04. The highest BCUT2D eigenvalue weighted by atomic mass is 32.1. The van der Waals surface area contributed by atoms with Crippen molar-refractivity contribution in [2.45, 2.75) is 32.4 Å². The minimum Gasteiger partial charge on any atom is -0.336 e. The Morgan fingerprint density at radius 3 is 2.79 bits per heavy atom. The van der Waals surface area contributed by atoms with Gasteiger partial charge in [-0.1, -0.05) is 26.0 Å². The summed E-state index contributed by atoms with van der Waals surface area (Å²) in [6.07, 6.45) is 3.83. The molecule has 0 aliphatic carbocycles. The fraction of sp³-hybridized carbons (Fsp3) is 0.364. The molecule has 1 aromatic carbocycles. The number of aromatic nitrogens is 2. The number of anilines is 1. The molecule has 3 aromatic rings. The number of nitrogens with one attached hydrogen (secondary N) is 2. The Labute approximate surface area is 176 Å². The van der Waals surface area contributed by atoms with Crippen molar-refractivity contribution < 1.29 is 4.79 Å². The lowest BCUT2D eigenvalue weighted by atomic mass is 10.1. The quantitative estimate of drug-likeness (QED) is 0.572. The van der Waals surface area contributed by atoms with Crippen LogP contribution >= 0.6 is 11.3 Å². The molecule has 0 fully saturated rings. The van der Waals surface area contributed by atoms with Crippen LogP contribution in [0.15, 0.2) is 53.5 Å². The topological polar surface area (TPSA) is 62.2 Å². The summed E-state index contributed by atoms with van der Waals surface area (Å²) in [6, 6.07) is 9.98. The molecular weight excluding hydrogens is 382 g/mol. The molecule has 2 heterocycles. The molecule has 7 heteroatoms. The van der Waals surface area contributed by atoms with E-state index in [0.29, 0.717) is 12.5 Å². The third-order valence-electron chi connectivity index (χ3n) is 4.81. The predicted molar refractivity (Wildman–Crippen MR) is 120 cm³/mol. The van der Waals surface area contributed by atoms with Crippen molar-refractivity contribution in [1.82, 2.24) is 19.8 Å². The number of nitrogens with zero attached hydrogens (tertiary/aromatic N) is 3. The summed E-state index contributed by atoms with van der Waals surface area (Å²) in [5.74, 6) is 1.43. The van der Waals surface area contributed by atoms with Gasteiger partial charge in [0.15, 0.2) is 0 Å². The van der Waals surface area contributed by atoms with Gasteiger partial charge in [0.05, 0.1) is 6.04 Å². The highest BCUT2D eigenvalue weighted by molar-refractivity contribution is 7.07. The maximum atomic E-state index is 12.4. The number of benzene rings is 1. The molecule has 0 radical (unpaired) electrons. The molecule has 2 amide bonds. The van der Waals surface area contributed by atoms with Crippen LogP contribution in [0.25, 0.3) is 0 Å². The van der Waals surface area contributed by atoms with Crippen LogP contribution in [-0.4, -0.2) is 41.1 Å². The first-order valence-corrected chi connectivity index (χ1v) is 10.7. The van der Waals surface area contributed by atoms with Gasteiger partial charge in [-0.2, -0.15) is 11.3 Å². The second-order valence-electron chi connectivity index (χ2n) is 7.64. The van der Waals surface area contributed by atoms with Gasteiger partial charge < -0.3 is 20.1 Å². The zero-order chi connectivity index (χ0) is 20.8. The molecule has 29 heavy (non-hydrogen) atoms. The van der Waals surface area contributed by atoms with E-state index >= 15 is 0 Å². The number of thiophene rings is 1. The van der Waals surface area contributed by atoms with Crippen molar-refractivity contribution in [2.75, 3.05) is 26.0 Å². The van der Waals surface area contributed by atoms with Crippen LogP contribution in [0.5, 0.6) is 0 Å². The van der Waals surface area contributed by atoms with Crippen LogP contribution in [0.4, 0.5) is 10.5 Å². The summed E-state index contributed by atoms with van der Waals surface area (Å²) >= 11 is 1.67. The smallest absolute Gasteiger partial charge is 0.319 e. The Hall–Kier alpha value is -2.64. The Kier molecular flexibility index (Phi) is 7.06. The van der Waals surface area contributed by atoms with Crippen LogP contribution < -0.4 is 10.6 Å². The molecule has 0 saturated heterocycles. The molecule has 3 rings (SSSR count). The van der Waals surface area contributed by atoms with Crippen LogP contribution in [0.3, 0.4) is 0 Å². The normalized spacial score (nSPS) is 12.3. The minimum atomic E-state index is -0.199. The van der Waals surface area contributed by atoms with Crippen molar-refractivity contribution in [3.05, 3.63) is 70.4 Å². The molecule has 2 aromatic heterocycles. The number of hydrogen-bond acceptors (Lipinski definition) is 4. The Morgan fingerprint density at radius 2 is 2.10 bits per heavy atom. The van der Waals surface area contributed by atoms with Gasteiger partial charge in [-0.15, -0.1) is 0 Å². The van der Waals surface area contributed by atoms with E-state index in [0.717, 1.165) is 23.6 Å². The Bertz CT molecular complexity index is 917. The number of urea groups is 1. The van der Waals surface area contributed by atoms with Gasteiger partial charge in [0, 0.05) is 37.1 Å². The zero-order valence-corrected chi connectivity index (χ0v) is 18.2. The van der Waals surface area contributed by atoms with Gasteiger partial charge in [0.25, 0.3) is 0 Å². The highest BCUT2D eigenvalue weighted by Crippen LogP contribution is 2.20. The lowest BCUT2D eigenvalue weighted by Crippen LogP contribution is -2.36. The summed E-state index contributed by atoms with van der Waals surface area (Å²) in [5.41, 5.74) is 3.11. The second-order valence-corrected chi connectivity index (χ2v) is 8.42. The zero-order valence-electron chi connectivity index (χ0n) is 17.4. The van der Waals surface area contributed by atoms with Gasteiger partial charge in [-0.25, -0.2) is 9.78 Å². The standard InChI is InChI=1S/C22H29N5OS/c1-16(2)21-23-9-10-27(21)14-17-6-5-7-19(12-17)25-22(28)24-13-20(26(3)4)18-8-11-29-15-18/h5-12,15-16,20H,13-14H2,1-4H3,(H2,24,25,28). The molecule has 0 aliphatic rings. The van der Waals surface area contributed by atoms with Crippen LogP contribution in [-0.2, 0) is 6.54 Å². The SMILES string of the molecule is CC(C)c1nccn1Cc1cccc(NC(=O)NCC(c2ccsc2)N(C)C)c1. The summed E-state index contributed by atoms with van der Waals surface area (Å²) < 4.78 is 2.15. The number of rotatable bonds is 8. The van der Waals surface area contributed by atoms with Gasteiger partial charge in [-0.3, -0.25) is 0 Å². The van der Waals surface area contributed by atoms with E-state index in [9.17, 15) is 4.79 Å². The van der Waals surface area contributed by atoms with Crippen molar-refractivity contribution >= 4 is 23.1 Å². The molecule has 6 nitrogen and oxygen atoms in total. The Morgan fingerprint density at radius 1 is 1.28 bits per heavy atom. The van der Waals surface area contributed by atoms with Crippen molar-refractivity contribution in [2.24, 2.45) is 0 Å². The lowest BCUT2D eigenvalue weighted by Gasteiger charge is -2.24. The van der Waals surface area contributed by atoms with E-state index in [-0.39, 0.29) is 12.1 Å². The van der Waals surface area contributed by atoms with Crippen LogP contribution in [0.2, 0.25) is 0 Å². The number of carbonyl (C=O) groups excluding carboxylic acids is 1. The molecule has 1 unspecified atom stereocenters. The largest absolute Gasteiger partial charge is 0.336 e. The molecule has 0 aliphatic heterocycles. The number of likely N-dealkylation sites (N-methyl/N-ethyl adjacent to an activating group) is 1. The molecular formula is C22H29N5OS. The molecule has 154 valence electrons. The minimum absolute atomic E-state index is 0.147. The lowest BCUT2D eigenvalue weighted by molar-refractivity contribution is 0.243. The number of hydrogen-bond donors (Lipinski definition) is 2. The monoisotopic (exact) mass is 411 g/mol. The molecule has 2 N–H and O–H groups in total. The molecule has 0 bridgehead atoms. The first kappa shape index (κ1) is 21.1. The first-order valence-electron chi connectivity index (χ1n) is 9.77. The molecule has 0 spiro atoms. The van der Waals surface area contributed by atoms with Crippen LogP contribution in [0.1, 0.15) is 42.8 Å². The number of imidazole rings is 1. The average molecular weight is 412 g/mol. The summed E-state index contributed by atoms with van der Waals surface area (Å²) in [6.45, 7) is 5.55. The number of amides is 2. The maximum absolute atomic E-state index is 12.4. The maximum Gasteiger partial charge on any atom is 0.319 e. The van der Waals surface area contributed by atoms with Crippen LogP contribution in [0, 0.1) is 0 Å². The fourth-order valence-corrected chi connectivity index (χ4v) is 4.03. The second kappa shape index (κ2) is 9.71. The third-order valence-corrected chi connectivity index (χ3v) is 5.51. The molecule has 1 atom stereocenters. The highest BCUT2D eigenvalue weighted by Gasteiger charge is 2.15. The van der Waals surface area contributed by atoms with E-state index < -0.39 is 0 Å². The predicted octanol–water partition coefficient (Wildman–Crippen LogP) is 4.54. The van der Waals surface area contributed by atoms with E-state index in [1.54, 1.807) is 11.3 Å². The van der Waals surface area contributed by atoms with E-state index in [4.69, 9.17) is 0 Å². The van der Waals surface area contributed by atoms with E-state index in [1.807, 2.05) is 44.7 Å². The van der Waals surface area contributed by atoms with E-state index in [2.05, 4.69) is 61.8 Å². The van der Waals surface area contributed by atoms with Gasteiger partial charge in [-0.05, 0) is 54.2 Å². The van der Waals surface area contributed by atoms with E-state index in [1.165, 1.54) is 5.56 Å². The van der Waals surface area contributed by atoms with Crippen molar-refractivity contribution in [3.8, 4) is 0 Å². The van der Waals surface area contributed by atoms with Gasteiger partial charge in [0.1, 0.15) is 5.82 Å². The fourth-order valence-electron chi connectivity index (χ4n) is 3.33. The Balaban J connectivity index is 1.59. The summed E-state index contributed by atoms with van der Waals surface area (Å²) in [5, 5.41) is 10.1.